The lowest BCUT2D eigenvalue weighted by Gasteiger charge is -2.36. The van der Waals surface area contributed by atoms with Crippen LogP contribution in [0.5, 0.6) is 0 Å². The van der Waals surface area contributed by atoms with Crippen molar-refractivity contribution in [2.45, 2.75) is 25.4 Å². The molecule has 76 valence electrons. The van der Waals surface area contributed by atoms with Crippen LogP contribution in [0.4, 0.5) is 0 Å². The van der Waals surface area contributed by atoms with Gasteiger partial charge in [-0.2, -0.15) is 0 Å². The van der Waals surface area contributed by atoms with Crippen LogP contribution in [0.2, 0.25) is 0 Å². The van der Waals surface area contributed by atoms with Gasteiger partial charge in [-0.3, -0.25) is 0 Å². The van der Waals surface area contributed by atoms with Crippen molar-refractivity contribution in [3.05, 3.63) is 0 Å². The zero-order valence-electron chi connectivity index (χ0n) is 8.13. The number of rotatable bonds is 1. The summed E-state index contributed by atoms with van der Waals surface area (Å²) in [4.78, 5) is 0. The molecule has 0 aromatic heterocycles. The number of hydrogen-bond donors (Lipinski definition) is 3. The van der Waals surface area contributed by atoms with E-state index in [-0.39, 0.29) is 6.10 Å². The van der Waals surface area contributed by atoms with Crippen LogP contribution in [0.15, 0.2) is 0 Å². The van der Waals surface area contributed by atoms with Crippen LogP contribution >= 0.6 is 0 Å². The molecular formula is C10H20N2O. The highest BCUT2D eigenvalue weighted by atomic mass is 16.3. The Hall–Kier alpha value is -0.120. The van der Waals surface area contributed by atoms with Crippen LogP contribution in [0, 0.1) is 11.8 Å². The highest BCUT2D eigenvalue weighted by Gasteiger charge is 2.30. The quantitative estimate of drug-likeness (QED) is 0.535. The van der Waals surface area contributed by atoms with Gasteiger partial charge in [0.15, 0.2) is 0 Å². The summed E-state index contributed by atoms with van der Waals surface area (Å²) in [5, 5.41) is 16.4. The predicted molar refractivity (Wildman–Crippen MR) is 52.6 cm³/mol. The van der Waals surface area contributed by atoms with Crippen molar-refractivity contribution in [3.8, 4) is 0 Å². The maximum absolute atomic E-state index is 9.84. The van der Waals surface area contributed by atoms with E-state index in [1.54, 1.807) is 0 Å². The lowest BCUT2D eigenvalue weighted by molar-refractivity contribution is 0.0382. The molecule has 2 heterocycles. The molecule has 2 fully saturated rings. The first-order valence-electron chi connectivity index (χ1n) is 5.47. The first kappa shape index (κ1) is 9.44. The maximum Gasteiger partial charge on any atom is 0.0695 e. The second-order valence-corrected chi connectivity index (χ2v) is 4.31. The monoisotopic (exact) mass is 184 g/mol. The van der Waals surface area contributed by atoms with E-state index in [1.807, 2.05) is 0 Å². The summed E-state index contributed by atoms with van der Waals surface area (Å²) in [5.74, 6) is 1.32. The summed E-state index contributed by atoms with van der Waals surface area (Å²) in [6, 6.07) is 0. The molecule has 0 aromatic rings. The van der Waals surface area contributed by atoms with E-state index in [1.165, 1.54) is 12.8 Å². The molecule has 0 spiro atoms. The van der Waals surface area contributed by atoms with Crippen LogP contribution in [0.3, 0.4) is 0 Å². The SMILES string of the molecule is OC1CNCCC1C1CCNCC1. The Morgan fingerprint density at radius 1 is 0.923 bits per heavy atom. The molecule has 2 atom stereocenters. The molecular weight excluding hydrogens is 164 g/mol. The largest absolute Gasteiger partial charge is 0.392 e. The minimum Gasteiger partial charge on any atom is -0.392 e. The normalized spacial score (nSPS) is 37.6. The number of piperidine rings is 2. The van der Waals surface area contributed by atoms with E-state index in [0.29, 0.717) is 5.92 Å². The third kappa shape index (κ3) is 2.22. The van der Waals surface area contributed by atoms with E-state index >= 15 is 0 Å². The Morgan fingerprint density at radius 2 is 1.62 bits per heavy atom. The Bertz CT molecular complexity index is 157. The molecule has 0 amide bonds. The van der Waals surface area contributed by atoms with Crippen LogP contribution in [-0.2, 0) is 0 Å². The van der Waals surface area contributed by atoms with Crippen molar-refractivity contribution in [3.63, 3.8) is 0 Å². The number of nitrogens with one attached hydrogen (secondary N) is 2. The van der Waals surface area contributed by atoms with Gasteiger partial charge in [0.1, 0.15) is 0 Å². The molecule has 13 heavy (non-hydrogen) atoms. The van der Waals surface area contributed by atoms with E-state index in [0.717, 1.165) is 38.5 Å². The third-order valence-electron chi connectivity index (χ3n) is 3.49. The summed E-state index contributed by atoms with van der Waals surface area (Å²) in [6.07, 6.45) is 3.56. The van der Waals surface area contributed by atoms with Gasteiger partial charge in [0.2, 0.25) is 0 Å². The second kappa shape index (κ2) is 4.40. The highest BCUT2D eigenvalue weighted by Crippen LogP contribution is 2.28. The molecule has 2 unspecified atom stereocenters. The van der Waals surface area contributed by atoms with Gasteiger partial charge < -0.3 is 15.7 Å². The second-order valence-electron chi connectivity index (χ2n) is 4.31. The average Bonchev–Trinajstić information content (AvgIpc) is 2.20. The van der Waals surface area contributed by atoms with Crippen LogP contribution in [0.25, 0.3) is 0 Å². The number of aliphatic hydroxyl groups excluding tert-OH is 1. The molecule has 2 saturated heterocycles. The molecule has 0 bridgehead atoms. The topological polar surface area (TPSA) is 44.3 Å². The third-order valence-corrected chi connectivity index (χ3v) is 3.49. The van der Waals surface area contributed by atoms with Gasteiger partial charge in [0.05, 0.1) is 6.10 Å². The number of hydrogen-bond acceptors (Lipinski definition) is 3. The fraction of sp³-hybridized carbons (Fsp3) is 1.00. The predicted octanol–water partition coefficient (Wildman–Crippen LogP) is -0.0436. The Balaban J connectivity index is 1.88. The average molecular weight is 184 g/mol. The van der Waals surface area contributed by atoms with E-state index in [9.17, 15) is 5.11 Å². The van der Waals surface area contributed by atoms with Crippen molar-refractivity contribution in [2.24, 2.45) is 11.8 Å². The minimum absolute atomic E-state index is 0.100. The smallest absolute Gasteiger partial charge is 0.0695 e. The van der Waals surface area contributed by atoms with E-state index in [4.69, 9.17) is 0 Å². The van der Waals surface area contributed by atoms with Gasteiger partial charge >= 0.3 is 0 Å². The van der Waals surface area contributed by atoms with Crippen molar-refractivity contribution < 1.29 is 5.11 Å². The Morgan fingerprint density at radius 3 is 2.31 bits per heavy atom. The lowest BCUT2D eigenvalue weighted by atomic mass is 9.78. The van der Waals surface area contributed by atoms with Crippen LogP contribution in [0.1, 0.15) is 19.3 Å². The molecule has 3 heteroatoms. The van der Waals surface area contributed by atoms with Gasteiger partial charge in [-0.15, -0.1) is 0 Å². The lowest BCUT2D eigenvalue weighted by Crippen LogP contribution is -2.45. The first-order valence-corrected chi connectivity index (χ1v) is 5.47. The van der Waals surface area contributed by atoms with Crippen molar-refractivity contribution >= 4 is 0 Å². The number of aliphatic hydroxyl groups is 1. The van der Waals surface area contributed by atoms with Gasteiger partial charge in [-0.25, -0.2) is 0 Å². The van der Waals surface area contributed by atoms with Crippen LogP contribution in [-0.4, -0.2) is 37.4 Å². The summed E-state index contributed by atoms with van der Waals surface area (Å²) in [5.41, 5.74) is 0. The fourth-order valence-electron chi connectivity index (χ4n) is 2.68. The molecule has 0 radical (unpaired) electrons. The van der Waals surface area contributed by atoms with Crippen LogP contribution < -0.4 is 10.6 Å². The molecule has 0 aliphatic carbocycles. The number of β-amino-alcohol motifs (C(OH)–C–C–N with tert-alkyl or cyclic N) is 1. The van der Waals surface area contributed by atoms with Crippen molar-refractivity contribution in [2.75, 3.05) is 26.2 Å². The molecule has 2 aliphatic heterocycles. The standard InChI is InChI=1S/C10H20N2O/c13-10-7-12-6-3-9(10)8-1-4-11-5-2-8/h8-13H,1-7H2. The molecule has 2 aliphatic rings. The molecule has 3 N–H and O–H groups in total. The molecule has 3 nitrogen and oxygen atoms in total. The maximum atomic E-state index is 9.84. The fourth-order valence-corrected chi connectivity index (χ4v) is 2.68. The van der Waals surface area contributed by atoms with Gasteiger partial charge in [-0.05, 0) is 50.7 Å². The molecule has 0 aromatic carbocycles. The summed E-state index contributed by atoms with van der Waals surface area (Å²) >= 11 is 0. The van der Waals surface area contributed by atoms with Crippen molar-refractivity contribution in [1.29, 1.82) is 0 Å². The summed E-state index contributed by atoms with van der Waals surface area (Å²) < 4.78 is 0. The van der Waals surface area contributed by atoms with Crippen molar-refractivity contribution in [1.82, 2.24) is 10.6 Å². The van der Waals surface area contributed by atoms with Gasteiger partial charge in [0.25, 0.3) is 0 Å². The molecule has 2 rings (SSSR count). The first-order chi connectivity index (χ1) is 6.38. The minimum atomic E-state index is -0.100. The zero-order chi connectivity index (χ0) is 9.10. The molecule has 0 saturated carbocycles. The van der Waals surface area contributed by atoms with Gasteiger partial charge in [-0.1, -0.05) is 0 Å². The highest BCUT2D eigenvalue weighted by molar-refractivity contribution is 4.84. The van der Waals surface area contributed by atoms with E-state index < -0.39 is 0 Å². The van der Waals surface area contributed by atoms with Gasteiger partial charge in [0, 0.05) is 6.54 Å². The summed E-state index contributed by atoms with van der Waals surface area (Å²) in [7, 11) is 0. The zero-order valence-corrected chi connectivity index (χ0v) is 8.13. The Kier molecular flexibility index (Phi) is 3.19. The summed E-state index contributed by atoms with van der Waals surface area (Å²) in [6.45, 7) is 4.17. The van der Waals surface area contributed by atoms with E-state index in [2.05, 4.69) is 10.6 Å². The Labute approximate surface area is 79.9 Å².